The molecule has 9 heteroatoms. The zero-order valence-electron chi connectivity index (χ0n) is 10.6. The number of aliphatic carboxylic acids is 1. The molecule has 0 aromatic rings. The van der Waals surface area contributed by atoms with Crippen LogP contribution < -0.4 is 34.7 Å². The minimum absolute atomic E-state index is 0. The van der Waals surface area contributed by atoms with Crippen LogP contribution in [0.25, 0.3) is 0 Å². The molecule has 8 nitrogen and oxygen atoms in total. The molecule has 0 fully saturated rings. The third-order valence-electron chi connectivity index (χ3n) is 1.50. The van der Waals surface area contributed by atoms with E-state index in [0.29, 0.717) is 0 Å². The second kappa shape index (κ2) is 12.3. The number of hydrogen-bond donors (Lipinski definition) is 6. The van der Waals surface area contributed by atoms with Crippen molar-refractivity contribution in [3.63, 3.8) is 0 Å². The van der Waals surface area contributed by atoms with Gasteiger partial charge in [0.05, 0.1) is 12.6 Å². The van der Waals surface area contributed by atoms with Crippen molar-refractivity contribution in [2.24, 2.45) is 0 Å². The van der Waals surface area contributed by atoms with Gasteiger partial charge in [0, 0.05) is 6.10 Å². The second-order valence-corrected chi connectivity index (χ2v) is 3.59. The summed E-state index contributed by atoms with van der Waals surface area (Å²) in [5.41, 5.74) is 0. The molecule has 6 N–H and O–H groups in total. The first kappa shape index (κ1) is 23.3. The Labute approximate surface area is 127 Å². The van der Waals surface area contributed by atoms with Crippen LogP contribution in [0, 0.1) is 0 Å². The van der Waals surface area contributed by atoms with E-state index in [0.717, 1.165) is 0 Å². The van der Waals surface area contributed by atoms with E-state index in [4.69, 9.17) is 30.6 Å². The summed E-state index contributed by atoms with van der Waals surface area (Å²) in [4.78, 5) is 9.98. The molecule has 0 rings (SSSR count). The van der Waals surface area contributed by atoms with Crippen LogP contribution in [-0.4, -0.2) is 73.7 Å². The van der Waals surface area contributed by atoms with E-state index < -0.39 is 37.0 Å². The summed E-state index contributed by atoms with van der Waals surface area (Å²) in [5.74, 6) is -1.98. The summed E-state index contributed by atoms with van der Waals surface area (Å²) >= 11 is 0. The first-order chi connectivity index (χ1) is 7.64. The molecule has 104 valence electrons. The quantitative estimate of drug-likeness (QED) is 0.270. The Bertz CT molecular complexity index is 210. The number of aliphatic hydroxyl groups is 6. The third kappa shape index (κ3) is 11.3. The molecule has 0 saturated carbocycles. The van der Waals surface area contributed by atoms with E-state index in [-0.39, 0.29) is 35.7 Å². The molecule has 18 heavy (non-hydrogen) atoms. The van der Waals surface area contributed by atoms with Gasteiger partial charge >= 0.3 is 29.6 Å². The van der Waals surface area contributed by atoms with Gasteiger partial charge in [-0.05, 0) is 13.8 Å². The zero-order chi connectivity index (χ0) is 14.2. The fourth-order valence-corrected chi connectivity index (χ4v) is 0.662. The van der Waals surface area contributed by atoms with Crippen LogP contribution in [0.1, 0.15) is 13.8 Å². The molecular formula is C9H19NaO8. The summed E-state index contributed by atoms with van der Waals surface area (Å²) in [7, 11) is 0. The molecule has 4 atom stereocenters. The molecule has 0 saturated heterocycles. The van der Waals surface area contributed by atoms with Gasteiger partial charge in [0.15, 0.2) is 0 Å². The SMILES string of the molecule is CC(C)O.O=C([O-])C(O)C(O)C(O)C(O)CO.[Na+]. The van der Waals surface area contributed by atoms with Crippen LogP contribution in [-0.2, 0) is 4.79 Å². The van der Waals surface area contributed by atoms with Crippen molar-refractivity contribution in [2.45, 2.75) is 44.4 Å². The van der Waals surface area contributed by atoms with Gasteiger partial charge in [-0.25, -0.2) is 0 Å². The number of carbonyl (C=O) groups is 1. The monoisotopic (exact) mass is 278 g/mol. The average Bonchev–Trinajstić information content (AvgIpc) is 2.23. The smallest absolute Gasteiger partial charge is 0.547 e. The van der Waals surface area contributed by atoms with Crippen LogP contribution in [0.3, 0.4) is 0 Å². The van der Waals surface area contributed by atoms with Crippen LogP contribution >= 0.6 is 0 Å². The molecule has 0 amide bonds. The normalized spacial score (nSPS) is 16.7. The Balaban J connectivity index is -0.000000392. The number of carboxylic acids is 1. The van der Waals surface area contributed by atoms with Crippen molar-refractivity contribution in [1.29, 1.82) is 0 Å². The van der Waals surface area contributed by atoms with Crippen molar-refractivity contribution in [1.82, 2.24) is 0 Å². The molecule has 0 aromatic heterocycles. The van der Waals surface area contributed by atoms with Crippen molar-refractivity contribution in [3.05, 3.63) is 0 Å². The number of hydrogen-bond acceptors (Lipinski definition) is 8. The van der Waals surface area contributed by atoms with Crippen molar-refractivity contribution < 1.29 is 70.1 Å². The first-order valence-electron chi connectivity index (χ1n) is 4.87. The molecule has 0 radical (unpaired) electrons. The molecule has 0 aliphatic rings. The summed E-state index contributed by atoms with van der Waals surface area (Å²) in [6.07, 6.45) is -8.25. The number of aliphatic hydroxyl groups excluding tert-OH is 6. The van der Waals surface area contributed by atoms with E-state index in [9.17, 15) is 9.90 Å². The molecule has 0 bridgehead atoms. The molecular weight excluding hydrogens is 259 g/mol. The molecule has 0 spiro atoms. The number of carboxylic acid groups (broad SMARTS) is 1. The summed E-state index contributed by atoms with van der Waals surface area (Å²) < 4.78 is 0. The van der Waals surface area contributed by atoms with E-state index >= 15 is 0 Å². The fraction of sp³-hybridized carbons (Fsp3) is 0.889. The Morgan fingerprint density at radius 3 is 1.61 bits per heavy atom. The van der Waals surface area contributed by atoms with Gasteiger partial charge in [-0.1, -0.05) is 0 Å². The maximum atomic E-state index is 9.98. The summed E-state index contributed by atoms with van der Waals surface area (Å²) in [6, 6.07) is 0. The van der Waals surface area contributed by atoms with Crippen LogP contribution in [0.4, 0.5) is 0 Å². The average molecular weight is 278 g/mol. The van der Waals surface area contributed by atoms with Crippen molar-refractivity contribution in [3.8, 4) is 0 Å². The van der Waals surface area contributed by atoms with E-state index in [1.807, 2.05) is 0 Å². The van der Waals surface area contributed by atoms with Crippen molar-refractivity contribution in [2.75, 3.05) is 6.61 Å². The maximum absolute atomic E-state index is 9.98. The zero-order valence-corrected chi connectivity index (χ0v) is 12.6. The Hall–Kier alpha value is 0.230. The van der Waals surface area contributed by atoms with Crippen LogP contribution in [0.2, 0.25) is 0 Å². The minimum atomic E-state index is -2.31. The Morgan fingerprint density at radius 1 is 1.06 bits per heavy atom. The van der Waals surface area contributed by atoms with Gasteiger partial charge in [0.1, 0.15) is 24.4 Å². The van der Waals surface area contributed by atoms with Gasteiger partial charge in [0.25, 0.3) is 0 Å². The summed E-state index contributed by atoms with van der Waals surface area (Å²) in [5, 5.41) is 61.5. The van der Waals surface area contributed by atoms with Gasteiger partial charge < -0.3 is 40.5 Å². The van der Waals surface area contributed by atoms with Crippen LogP contribution in [0.5, 0.6) is 0 Å². The maximum Gasteiger partial charge on any atom is 1.00 e. The molecule has 0 aliphatic carbocycles. The second-order valence-electron chi connectivity index (χ2n) is 3.59. The first-order valence-corrected chi connectivity index (χ1v) is 4.87. The van der Waals surface area contributed by atoms with Gasteiger partial charge in [-0.15, -0.1) is 0 Å². The molecule has 4 unspecified atom stereocenters. The van der Waals surface area contributed by atoms with Gasteiger partial charge in [0.2, 0.25) is 0 Å². The fourth-order valence-electron chi connectivity index (χ4n) is 0.662. The standard InChI is InChI=1S/C6H12O7.C3H8O.Na/c7-1-2(8)3(9)4(10)5(11)6(12)13;1-3(2)4;/h2-5,7-11H,1H2,(H,12,13);3-4H,1-2H3;/q;;+1/p-1. The van der Waals surface area contributed by atoms with Crippen molar-refractivity contribution >= 4 is 5.97 Å². The minimum Gasteiger partial charge on any atom is -0.547 e. The van der Waals surface area contributed by atoms with Gasteiger partial charge in [-0.2, -0.15) is 0 Å². The molecule has 0 aliphatic heterocycles. The van der Waals surface area contributed by atoms with E-state index in [1.165, 1.54) is 0 Å². The predicted octanol–water partition coefficient (Wildman–Crippen LogP) is -7.44. The number of carbonyl (C=O) groups excluding carboxylic acids is 1. The third-order valence-corrected chi connectivity index (χ3v) is 1.50. The number of rotatable bonds is 5. The van der Waals surface area contributed by atoms with Gasteiger partial charge in [-0.3, -0.25) is 0 Å². The Kier molecular flexibility index (Phi) is 15.9. The molecule has 0 aromatic carbocycles. The summed E-state index contributed by atoms with van der Waals surface area (Å²) in [6.45, 7) is 2.58. The predicted molar refractivity (Wildman–Crippen MR) is 53.5 cm³/mol. The van der Waals surface area contributed by atoms with E-state index in [2.05, 4.69) is 0 Å². The van der Waals surface area contributed by atoms with Crippen LogP contribution in [0.15, 0.2) is 0 Å². The van der Waals surface area contributed by atoms with E-state index in [1.54, 1.807) is 13.8 Å². The molecule has 0 heterocycles. The topological polar surface area (TPSA) is 162 Å². The Morgan fingerprint density at radius 2 is 1.39 bits per heavy atom. The largest absolute Gasteiger partial charge is 1.00 e.